The topological polar surface area (TPSA) is 29.5 Å². The Bertz CT molecular complexity index is 431. The molecular formula is C16H23NO2. The smallest absolute Gasteiger partial charge is 0.129 e. The van der Waals surface area contributed by atoms with E-state index in [0.717, 1.165) is 38.2 Å². The number of ether oxygens (including phenoxy) is 1. The van der Waals surface area contributed by atoms with E-state index < -0.39 is 0 Å². The van der Waals surface area contributed by atoms with Crippen molar-refractivity contribution in [1.82, 2.24) is 4.90 Å². The molecule has 104 valence electrons. The van der Waals surface area contributed by atoms with Gasteiger partial charge in [-0.3, -0.25) is 4.90 Å². The Morgan fingerprint density at radius 2 is 2.32 bits per heavy atom. The van der Waals surface area contributed by atoms with E-state index in [-0.39, 0.29) is 0 Å². The van der Waals surface area contributed by atoms with Gasteiger partial charge in [0.2, 0.25) is 0 Å². The van der Waals surface area contributed by atoms with Gasteiger partial charge in [0, 0.05) is 19.5 Å². The maximum Gasteiger partial charge on any atom is 0.129 e. The molecule has 0 bridgehead atoms. The number of nitrogens with zero attached hydrogens (tertiary/aromatic N) is 1. The summed E-state index contributed by atoms with van der Waals surface area (Å²) in [6.45, 7) is 4.92. The average Bonchev–Trinajstić information content (AvgIpc) is 2.84. The van der Waals surface area contributed by atoms with Crippen LogP contribution in [0.2, 0.25) is 0 Å². The van der Waals surface area contributed by atoms with Crippen LogP contribution in [0.5, 0.6) is 5.75 Å². The van der Waals surface area contributed by atoms with Gasteiger partial charge < -0.3 is 9.53 Å². The van der Waals surface area contributed by atoms with Crippen LogP contribution in [0, 0.1) is 5.92 Å². The van der Waals surface area contributed by atoms with Crippen molar-refractivity contribution in [3.8, 4) is 5.75 Å². The van der Waals surface area contributed by atoms with E-state index in [1.54, 1.807) is 14.0 Å². The van der Waals surface area contributed by atoms with Gasteiger partial charge in [-0.15, -0.1) is 0 Å². The fourth-order valence-electron chi connectivity index (χ4n) is 2.73. The van der Waals surface area contributed by atoms with Crippen LogP contribution in [0.1, 0.15) is 31.7 Å². The Kier molecular flexibility index (Phi) is 4.97. The molecule has 19 heavy (non-hydrogen) atoms. The van der Waals surface area contributed by atoms with Crippen molar-refractivity contribution >= 4 is 5.78 Å². The molecule has 3 nitrogen and oxygen atoms in total. The number of likely N-dealkylation sites (tertiary alicyclic amines) is 1. The molecule has 1 aromatic rings. The number of methoxy groups -OCH3 is 1. The van der Waals surface area contributed by atoms with Gasteiger partial charge in [0.25, 0.3) is 0 Å². The number of Topliss-reactive ketones (excluding diaryl/α,β-unsaturated/α-hetero) is 1. The van der Waals surface area contributed by atoms with E-state index in [1.165, 1.54) is 12.0 Å². The predicted octanol–water partition coefficient (Wildman–Crippen LogP) is 2.89. The lowest BCUT2D eigenvalue weighted by atomic mass is 10.0. The van der Waals surface area contributed by atoms with E-state index in [4.69, 9.17) is 4.74 Å². The highest BCUT2D eigenvalue weighted by molar-refractivity contribution is 5.75. The van der Waals surface area contributed by atoms with Gasteiger partial charge in [-0.05, 0) is 49.9 Å². The van der Waals surface area contributed by atoms with Gasteiger partial charge in [-0.2, -0.15) is 0 Å². The third-order valence-corrected chi connectivity index (χ3v) is 3.81. The lowest BCUT2D eigenvalue weighted by molar-refractivity contribution is -0.117. The van der Waals surface area contributed by atoms with Crippen LogP contribution in [-0.4, -0.2) is 30.9 Å². The number of hydrogen-bond acceptors (Lipinski definition) is 3. The van der Waals surface area contributed by atoms with E-state index in [0.29, 0.717) is 11.7 Å². The predicted molar refractivity (Wildman–Crippen MR) is 76.3 cm³/mol. The first kappa shape index (κ1) is 14.1. The van der Waals surface area contributed by atoms with Crippen molar-refractivity contribution in [2.75, 3.05) is 20.2 Å². The first-order valence-electron chi connectivity index (χ1n) is 7.02. The second-order valence-corrected chi connectivity index (χ2v) is 5.48. The van der Waals surface area contributed by atoms with Crippen LogP contribution < -0.4 is 4.74 Å². The Labute approximate surface area is 115 Å². The van der Waals surface area contributed by atoms with E-state index in [9.17, 15) is 4.79 Å². The molecule has 0 aromatic heterocycles. The molecule has 0 spiro atoms. The summed E-state index contributed by atoms with van der Waals surface area (Å²) in [5.41, 5.74) is 1.30. The minimum absolute atomic E-state index is 0.311. The number of carbonyl (C=O) groups excluding carboxylic acids is 1. The standard InChI is InChI=1S/C16H23NO2/c1-13(18)6-7-14-8-9-17(11-14)12-15-4-3-5-16(10-15)19-2/h3-5,10,14H,6-9,11-12H2,1-2H3. The monoisotopic (exact) mass is 261 g/mol. The van der Waals surface area contributed by atoms with Crippen LogP contribution in [0.15, 0.2) is 24.3 Å². The molecule has 0 aliphatic carbocycles. The van der Waals surface area contributed by atoms with Crippen molar-refractivity contribution in [2.45, 2.75) is 32.7 Å². The van der Waals surface area contributed by atoms with Crippen molar-refractivity contribution in [1.29, 1.82) is 0 Å². The zero-order valence-electron chi connectivity index (χ0n) is 11.9. The van der Waals surface area contributed by atoms with Gasteiger partial charge >= 0.3 is 0 Å². The summed E-state index contributed by atoms with van der Waals surface area (Å²) in [6.07, 6.45) is 3.00. The molecule has 0 N–H and O–H groups in total. The van der Waals surface area contributed by atoms with Gasteiger partial charge in [0.15, 0.2) is 0 Å². The van der Waals surface area contributed by atoms with Crippen LogP contribution in [0.4, 0.5) is 0 Å². The van der Waals surface area contributed by atoms with E-state index in [1.807, 2.05) is 12.1 Å². The second kappa shape index (κ2) is 6.71. The lowest BCUT2D eigenvalue weighted by Crippen LogP contribution is -2.20. The van der Waals surface area contributed by atoms with Gasteiger partial charge in [-0.25, -0.2) is 0 Å². The SMILES string of the molecule is COc1cccc(CN2CCC(CCC(C)=O)C2)c1. The third-order valence-electron chi connectivity index (χ3n) is 3.81. The summed E-state index contributed by atoms with van der Waals surface area (Å²) in [5, 5.41) is 0. The molecule has 1 aliphatic rings. The van der Waals surface area contributed by atoms with E-state index in [2.05, 4.69) is 17.0 Å². The number of carbonyl (C=O) groups is 1. The number of hydrogen-bond donors (Lipinski definition) is 0. The Morgan fingerprint density at radius 1 is 1.47 bits per heavy atom. The Morgan fingerprint density at radius 3 is 3.05 bits per heavy atom. The van der Waals surface area contributed by atoms with Crippen molar-refractivity contribution < 1.29 is 9.53 Å². The molecular weight excluding hydrogens is 238 g/mol. The Hall–Kier alpha value is -1.35. The first-order valence-corrected chi connectivity index (χ1v) is 7.02. The Balaban J connectivity index is 1.82. The molecule has 1 heterocycles. The maximum absolute atomic E-state index is 11.0. The molecule has 1 aromatic carbocycles. The minimum atomic E-state index is 0.311. The largest absolute Gasteiger partial charge is 0.497 e. The summed E-state index contributed by atoms with van der Waals surface area (Å²) in [6, 6.07) is 8.26. The quantitative estimate of drug-likeness (QED) is 0.788. The summed E-state index contributed by atoms with van der Waals surface area (Å²) < 4.78 is 5.25. The molecule has 0 radical (unpaired) electrons. The summed E-state index contributed by atoms with van der Waals surface area (Å²) in [5.74, 6) is 1.92. The summed E-state index contributed by atoms with van der Waals surface area (Å²) >= 11 is 0. The molecule has 1 saturated heterocycles. The fourth-order valence-corrected chi connectivity index (χ4v) is 2.73. The molecule has 1 aliphatic heterocycles. The second-order valence-electron chi connectivity index (χ2n) is 5.48. The summed E-state index contributed by atoms with van der Waals surface area (Å²) in [4.78, 5) is 13.5. The zero-order valence-corrected chi connectivity index (χ0v) is 11.9. The van der Waals surface area contributed by atoms with Crippen LogP contribution in [-0.2, 0) is 11.3 Å². The molecule has 1 fully saturated rings. The molecule has 0 saturated carbocycles. The minimum Gasteiger partial charge on any atom is -0.497 e. The van der Waals surface area contributed by atoms with Crippen LogP contribution in [0.25, 0.3) is 0 Å². The molecule has 3 heteroatoms. The highest BCUT2D eigenvalue weighted by atomic mass is 16.5. The van der Waals surface area contributed by atoms with Gasteiger partial charge in [-0.1, -0.05) is 12.1 Å². The van der Waals surface area contributed by atoms with Gasteiger partial charge in [0.1, 0.15) is 11.5 Å². The normalized spacial score (nSPS) is 19.6. The van der Waals surface area contributed by atoms with Crippen molar-refractivity contribution in [3.05, 3.63) is 29.8 Å². The van der Waals surface area contributed by atoms with Crippen molar-refractivity contribution in [2.24, 2.45) is 5.92 Å². The van der Waals surface area contributed by atoms with Crippen molar-refractivity contribution in [3.63, 3.8) is 0 Å². The summed E-state index contributed by atoms with van der Waals surface area (Å²) in [7, 11) is 1.70. The molecule has 0 amide bonds. The van der Waals surface area contributed by atoms with Gasteiger partial charge in [0.05, 0.1) is 7.11 Å². The molecule has 2 rings (SSSR count). The van der Waals surface area contributed by atoms with E-state index >= 15 is 0 Å². The highest BCUT2D eigenvalue weighted by Gasteiger charge is 2.22. The zero-order chi connectivity index (χ0) is 13.7. The third kappa shape index (κ3) is 4.35. The molecule has 1 atom stereocenters. The van der Waals surface area contributed by atoms with Crippen LogP contribution >= 0.6 is 0 Å². The number of benzene rings is 1. The molecule has 1 unspecified atom stereocenters. The lowest BCUT2D eigenvalue weighted by Gasteiger charge is -2.16. The van der Waals surface area contributed by atoms with Crippen LogP contribution in [0.3, 0.4) is 0 Å². The number of ketones is 1. The highest BCUT2D eigenvalue weighted by Crippen LogP contribution is 2.23. The number of rotatable bonds is 6. The maximum atomic E-state index is 11.0. The average molecular weight is 261 g/mol. The first-order chi connectivity index (χ1) is 9.17. The fraction of sp³-hybridized carbons (Fsp3) is 0.562.